The lowest BCUT2D eigenvalue weighted by atomic mass is 10.0. The van der Waals surface area contributed by atoms with Gasteiger partial charge in [0.1, 0.15) is 5.35 Å². The molecular formula is C13H6Cl2N4O5S. The molecule has 9 nitrogen and oxygen atoms in total. The van der Waals surface area contributed by atoms with E-state index in [1.54, 1.807) is 0 Å². The fourth-order valence-corrected chi connectivity index (χ4v) is 3.66. The predicted molar refractivity (Wildman–Crippen MR) is 88.3 cm³/mol. The Morgan fingerprint density at radius 3 is 2.48 bits per heavy atom. The molecule has 25 heavy (non-hydrogen) atoms. The van der Waals surface area contributed by atoms with E-state index in [1.807, 2.05) is 0 Å². The zero-order valence-electron chi connectivity index (χ0n) is 11.9. The second-order valence-corrected chi connectivity index (χ2v) is 6.33. The lowest BCUT2D eigenvalue weighted by molar-refractivity contribution is -0.418. The number of hydrogen-bond acceptors (Lipinski definition) is 9. The minimum atomic E-state index is -1.10. The van der Waals surface area contributed by atoms with Gasteiger partial charge in [-0.05, 0) is 17.6 Å². The van der Waals surface area contributed by atoms with Crippen LogP contribution in [0.3, 0.4) is 0 Å². The van der Waals surface area contributed by atoms with Gasteiger partial charge in [0.2, 0.25) is 0 Å². The second-order valence-electron chi connectivity index (χ2n) is 4.76. The third-order valence-electron chi connectivity index (χ3n) is 3.20. The van der Waals surface area contributed by atoms with Crippen LogP contribution in [0.25, 0.3) is 11.1 Å². The number of allylic oxidation sites excluding steroid dienone is 4. The van der Waals surface area contributed by atoms with Gasteiger partial charge in [-0.15, -0.1) is 5.10 Å². The Balaban J connectivity index is 2.38. The zero-order chi connectivity index (χ0) is 18.3. The van der Waals surface area contributed by atoms with Crippen LogP contribution in [-0.2, 0) is 4.79 Å². The molecule has 0 saturated heterocycles. The van der Waals surface area contributed by atoms with Crippen molar-refractivity contribution in [2.45, 2.75) is 0 Å². The highest BCUT2D eigenvalue weighted by Crippen LogP contribution is 2.30. The summed E-state index contributed by atoms with van der Waals surface area (Å²) in [6.45, 7) is 0. The number of hydrogen-bond donors (Lipinski definition) is 2. The van der Waals surface area contributed by atoms with Gasteiger partial charge in [-0.25, -0.2) is 5.06 Å². The van der Waals surface area contributed by atoms with Crippen molar-refractivity contribution in [3.05, 3.63) is 66.1 Å². The molecule has 0 radical (unpaired) electrons. The van der Waals surface area contributed by atoms with E-state index in [4.69, 9.17) is 23.2 Å². The van der Waals surface area contributed by atoms with Gasteiger partial charge < -0.3 is 5.11 Å². The number of halogens is 2. The molecule has 0 amide bonds. The van der Waals surface area contributed by atoms with Crippen LogP contribution in [0.15, 0.2) is 46.1 Å². The van der Waals surface area contributed by atoms with E-state index >= 15 is 0 Å². The van der Waals surface area contributed by atoms with Crippen LogP contribution in [-0.4, -0.2) is 35.7 Å². The summed E-state index contributed by atoms with van der Waals surface area (Å²) in [5.74, 6) is -1.89. The fraction of sp³-hybridized carbons (Fsp3) is 0. The molecule has 3 rings (SSSR count). The average molecular weight is 401 g/mol. The van der Waals surface area contributed by atoms with Crippen molar-refractivity contribution in [1.82, 2.24) is 14.7 Å². The summed E-state index contributed by atoms with van der Waals surface area (Å²) in [7, 11) is 0. The highest BCUT2D eigenvalue weighted by Gasteiger charge is 2.30. The average Bonchev–Trinajstić information content (AvgIpc) is 2.97. The van der Waals surface area contributed by atoms with Crippen molar-refractivity contribution in [2.24, 2.45) is 0 Å². The van der Waals surface area contributed by atoms with Crippen LogP contribution in [0.5, 0.6) is 0 Å². The minimum Gasteiger partial charge on any atom is -0.504 e. The van der Waals surface area contributed by atoms with Crippen LogP contribution >= 0.6 is 34.7 Å². The van der Waals surface area contributed by atoms with Gasteiger partial charge in [-0.3, -0.25) is 20.1 Å². The molecule has 2 heterocycles. The number of rotatable bonds is 1. The van der Waals surface area contributed by atoms with Crippen molar-refractivity contribution in [2.75, 3.05) is 0 Å². The number of nitro groups is 1. The first kappa shape index (κ1) is 17.3. The van der Waals surface area contributed by atoms with E-state index in [0.29, 0.717) is 15.2 Å². The first-order valence-corrected chi connectivity index (χ1v) is 7.93. The molecule has 0 aromatic carbocycles. The Labute approximate surface area is 152 Å². The Bertz CT molecular complexity index is 1030. The van der Waals surface area contributed by atoms with Gasteiger partial charge in [-0.2, -0.15) is 0 Å². The highest BCUT2D eigenvalue weighted by atomic mass is 35.5. The molecule has 0 spiro atoms. The molecule has 0 fully saturated rings. The normalized spacial score (nSPS) is 20.0. The summed E-state index contributed by atoms with van der Waals surface area (Å²) in [5, 5.41) is 35.0. The molecule has 12 heteroatoms. The van der Waals surface area contributed by atoms with E-state index in [0.717, 1.165) is 23.7 Å². The van der Waals surface area contributed by atoms with Gasteiger partial charge in [0.05, 0.1) is 31.9 Å². The number of aliphatic hydroxyl groups excluding tert-OH is 1. The lowest BCUT2D eigenvalue weighted by Gasteiger charge is -2.15. The number of Topliss-reactive ketones (excluding diaryl/α,β-unsaturated/α-hetero) is 1. The van der Waals surface area contributed by atoms with Crippen LogP contribution in [0, 0.1) is 10.1 Å². The molecule has 0 bridgehead atoms. The Kier molecular flexibility index (Phi) is 4.43. The van der Waals surface area contributed by atoms with E-state index in [9.17, 15) is 25.2 Å². The highest BCUT2D eigenvalue weighted by molar-refractivity contribution is 7.03. The number of carbonyl (C=O) groups excluding carboxylic acids is 1. The van der Waals surface area contributed by atoms with Gasteiger partial charge in [0.15, 0.2) is 5.76 Å². The Hall–Kier alpha value is -2.53. The summed E-state index contributed by atoms with van der Waals surface area (Å²) in [6, 6.07) is 0. The number of hydroxylamine groups is 2. The van der Waals surface area contributed by atoms with Crippen LogP contribution < -0.4 is 9.88 Å². The molecule has 1 aliphatic carbocycles. The van der Waals surface area contributed by atoms with Gasteiger partial charge in [0, 0.05) is 17.2 Å². The SMILES string of the molecule is O=C1C(O)=C/C(=c2/nnsc2=C2C(Cl)=CN(O)C=C2Cl)C=C1[N+](=O)[O-]. The first-order valence-electron chi connectivity index (χ1n) is 6.40. The van der Waals surface area contributed by atoms with E-state index in [2.05, 4.69) is 9.59 Å². The second kappa shape index (κ2) is 6.41. The van der Waals surface area contributed by atoms with E-state index in [-0.39, 0.29) is 21.0 Å². The Morgan fingerprint density at radius 2 is 1.88 bits per heavy atom. The standard InChI is InChI=1S/C13H6Cl2N4O5S/c14-6-3-18(22)4-7(15)10(6)13-11(16-17-25-13)5-1-8(19(23)24)12(21)9(20)2-5/h1-4,20,22H/b11-5+. The third kappa shape index (κ3) is 3.07. The van der Waals surface area contributed by atoms with Crippen molar-refractivity contribution in [1.29, 1.82) is 0 Å². The first-order chi connectivity index (χ1) is 11.8. The van der Waals surface area contributed by atoms with Crippen molar-refractivity contribution in [3.63, 3.8) is 0 Å². The molecule has 1 aliphatic heterocycles. The molecule has 0 saturated carbocycles. The third-order valence-corrected chi connectivity index (χ3v) is 4.52. The number of carbonyl (C=O) groups is 1. The van der Waals surface area contributed by atoms with Crippen molar-refractivity contribution in [3.8, 4) is 0 Å². The smallest absolute Gasteiger partial charge is 0.320 e. The predicted octanol–water partition coefficient (Wildman–Crippen LogP) is 0.890. The maximum atomic E-state index is 11.6. The summed E-state index contributed by atoms with van der Waals surface area (Å²) in [5.41, 5.74) is -0.403. The van der Waals surface area contributed by atoms with Crippen LogP contribution in [0.4, 0.5) is 0 Å². The molecule has 0 atom stereocenters. The quantitative estimate of drug-likeness (QED) is 0.524. The number of aliphatic hydroxyl groups is 1. The number of aromatic nitrogens is 2. The van der Waals surface area contributed by atoms with Crippen LogP contribution in [0.2, 0.25) is 0 Å². The monoisotopic (exact) mass is 400 g/mol. The van der Waals surface area contributed by atoms with Gasteiger partial charge in [0.25, 0.3) is 5.78 Å². The van der Waals surface area contributed by atoms with Crippen molar-refractivity contribution < 1.29 is 20.0 Å². The topological polar surface area (TPSA) is 130 Å². The Morgan fingerprint density at radius 1 is 1.24 bits per heavy atom. The summed E-state index contributed by atoms with van der Waals surface area (Å²) < 4.78 is 4.13. The summed E-state index contributed by atoms with van der Waals surface area (Å²) in [4.78, 5) is 21.7. The van der Waals surface area contributed by atoms with Crippen LogP contribution in [0.1, 0.15) is 0 Å². The zero-order valence-corrected chi connectivity index (χ0v) is 14.2. The molecular weight excluding hydrogens is 395 g/mol. The van der Waals surface area contributed by atoms with Gasteiger partial charge in [-0.1, -0.05) is 27.7 Å². The molecule has 1 aromatic heterocycles. The molecule has 1 aromatic rings. The fourth-order valence-electron chi connectivity index (χ4n) is 2.14. The molecule has 128 valence electrons. The van der Waals surface area contributed by atoms with E-state index in [1.165, 1.54) is 12.4 Å². The molecule has 2 aliphatic rings. The molecule has 2 N–H and O–H groups in total. The molecule has 0 unspecified atom stereocenters. The van der Waals surface area contributed by atoms with Gasteiger partial charge >= 0.3 is 5.70 Å². The lowest BCUT2D eigenvalue weighted by Crippen LogP contribution is -2.29. The maximum Gasteiger partial charge on any atom is 0.320 e. The summed E-state index contributed by atoms with van der Waals surface area (Å²) in [6.07, 6.45) is 4.41. The minimum absolute atomic E-state index is 0.0847. The summed E-state index contributed by atoms with van der Waals surface area (Å²) >= 11 is 13.1. The number of nitrogens with zero attached hydrogens (tertiary/aromatic N) is 4. The van der Waals surface area contributed by atoms with Crippen molar-refractivity contribution >= 4 is 51.7 Å². The number of ketones is 1. The largest absolute Gasteiger partial charge is 0.504 e. The maximum absolute atomic E-state index is 11.6. The van der Waals surface area contributed by atoms with E-state index < -0.39 is 22.2 Å².